The summed E-state index contributed by atoms with van der Waals surface area (Å²) >= 11 is 3.54. The van der Waals surface area contributed by atoms with Gasteiger partial charge in [-0.2, -0.15) is 17.2 Å². The van der Waals surface area contributed by atoms with Crippen LogP contribution < -0.4 is 0 Å². The SMILES string of the molecule is CCC1CCC2(C(=O)OCC3CSC(C4CC5CCCC(OC(=O)C(F)(F)S(=O)(=O)O)(C5)C4)S3)CCCC1C2. The number of rotatable bonds is 8. The van der Waals surface area contributed by atoms with Crippen molar-refractivity contribution in [1.29, 1.82) is 0 Å². The number of fused-ring (bicyclic) bond motifs is 4. The quantitative estimate of drug-likeness (QED) is 0.259. The number of esters is 2. The van der Waals surface area contributed by atoms with Gasteiger partial charge >= 0.3 is 27.3 Å². The largest absolute Gasteiger partial charge is 0.465 e. The molecule has 5 aliphatic rings. The Hall–Kier alpha value is -0.590. The molecule has 0 amide bonds. The predicted molar refractivity (Wildman–Crippen MR) is 146 cm³/mol. The van der Waals surface area contributed by atoms with Gasteiger partial charge in [-0.25, -0.2) is 4.79 Å². The van der Waals surface area contributed by atoms with Crippen LogP contribution in [0.15, 0.2) is 0 Å². The smallest absolute Gasteiger partial charge is 0.464 e. The standard InChI is InChI=1S/C27H40F2O7S3/c1-2-18-7-10-25(8-4-6-19(18)13-25)23(30)35-15-21-16-37-22(38-21)20-11-17-5-3-9-26(12-17,14-20)36-24(31)27(28,29)39(32,33)34/h17-22H,2-16H2,1H3,(H,32,33,34). The first-order chi connectivity index (χ1) is 18.4. The Bertz CT molecular complexity index is 1060. The second-order valence-corrected chi connectivity index (χ2v) is 17.0. The van der Waals surface area contributed by atoms with Crippen LogP contribution in [-0.4, -0.2) is 58.0 Å². The maximum Gasteiger partial charge on any atom is 0.465 e. The highest BCUT2D eigenvalue weighted by atomic mass is 32.2. The fraction of sp³-hybridized carbons (Fsp3) is 0.926. The predicted octanol–water partition coefficient (Wildman–Crippen LogP) is 6.06. The Kier molecular flexibility index (Phi) is 8.62. The zero-order valence-electron chi connectivity index (χ0n) is 22.4. The Morgan fingerprint density at radius 3 is 2.56 bits per heavy atom. The summed E-state index contributed by atoms with van der Waals surface area (Å²) in [5.74, 6) is 0.272. The molecule has 0 radical (unpaired) electrons. The van der Waals surface area contributed by atoms with Crippen molar-refractivity contribution < 1.29 is 40.8 Å². The van der Waals surface area contributed by atoms with Crippen molar-refractivity contribution in [2.24, 2.45) is 29.1 Å². The molecule has 5 rings (SSSR count). The molecule has 7 nitrogen and oxygen atoms in total. The third-order valence-corrected chi connectivity index (χ3v) is 14.5. The van der Waals surface area contributed by atoms with E-state index in [2.05, 4.69) is 6.92 Å². The molecule has 8 atom stereocenters. The van der Waals surface area contributed by atoms with E-state index < -0.39 is 26.9 Å². The minimum Gasteiger partial charge on any atom is -0.464 e. The summed E-state index contributed by atoms with van der Waals surface area (Å²) in [7, 11) is -5.91. The van der Waals surface area contributed by atoms with E-state index in [1.807, 2.05) is 0 Å². The van der Waals surface area contributed by atoms with Gasteiger partial charge in [0.2, 0.25) is 0 Å². The number of thioether (sulfide) groups is 2. The average Bonchev–Trinajstić information content (AvgIpc) is 3.35. The molecule has 4 saturated carbocycles. The average molecular weight is 611 g/mol. The Balaban J connectivity index is 1.17. The van der Waals surface area contributed by atoms with Gasteiger partial charge in [0.25, 0.3) is 0 Å². The fourth-order valence-corrected chi connectivity index (χ4v) is 12.0. The normalized spacial score (nSPS) is 40.6. The van der Waals surface area contributed by atoms with Crippen molar-refractivity contribution in [3.8, 4) is 0 Å². The summed E-state index contributed by atoms with van der Waals surface area (Å²) in [6.45, 7) is 2.61. The van der Waals surface area contributed by atoms with Crippen molar-refractivity contribution in [3.63, 3.8) is 0 Å². The lowest BCUT2D eigenvalue weighted by atomic mass is 9.58. The van der Waals surface area contributed by atoms with E-state index in [0.29, 0.717) is 38.2 Å². The third-order valence-electron chi connectivity index (χ3n) is 10.1. The summed E-state index contributed by atoms with van der Waals surface area (Å²) in [4.78, 5) is 25.5. The van der Waals surface area contributed by atoms with E-state index >= 15 is 0 Å². The summed E-state index contributed by atoms with van der Waals surface area (Å²) in [5.41, 5.74) is -1.46. The highest BCUT2D eigenvalue weighted by Gasteiger charge is 2.58. The summed E-state index contributed by atoms with van der Waals surface area (Å²) in [6.07, 6.45) is 11.2. The van der Waals surface area contributed by atoms with Crippen LogP contribution in [0.1, 0.15) is 90.4 Å². The van der Waals surface area contributed by atoms with Crippen LogP contribution in [0.4, 0.5) is 8.78 Å². The van der Waals surface area contributed by atoms with Crippen molar-refractivity contribution in [2.75, 3.05) is 12.4 Å². The minimum absolute atomic E-state index is 0.0337. The highest BCUT2D eigenvalue weighted by Crippen LogP contribution is 2.55. The van der Waals surface area contributed by atoms with E-state index in [1.54, 1.807) is 23.5 Å². The van der Waals surface area contributed by atoms with Gasteiger partial charge in [-0.15, -0.1) is 23.5 Å². The van der Waals surface area contributed by atoms with Crippen molar-refractivity contribution in [2.45, 2.75) is 111 Å². The Labute approximate surface area is 238 Å². The molecule has 222 valence electrons. The van der Waals surface area contributed by atoms with Crippen LogP contribution in [0.3, 0.4) is 0 Å². The number of alkyl halides is 2. The molecule has 8 unspecified atom stereocenters. The molecule has 1 N–H and O–H groups in total. The number of halogens is 2. The van der Waals surface area contributed by atoms with Crippen LogP contribution in [0, 0.1) is 29.1 Å². The van der Waals surface area contributed by atoms with E-state index in [1.165, 1.54) is 12.8 Å². The lowest BCUT2D eigenvalue weighted by Crippen LogP contribution is -2.51. The molecular formula is C27H40F2O7S3. The Morgan fingerprint density at radius 2 is 1.82 bits per heavy atom. The van der Waals surface area contributed by atoms with E-state index in [0.717, 1.165) is 56.6 Å². The minimum atomic E-state index is -5.91. The molecule has 0 spiro atoms. The molecule has 4 bridgehead atoms. The molecule has 0 aromatic rings. The molecule has 12 heteroatoms. The lowest BCUT2D eigenvalue weighted by Gasteiger charge is -2.48. The molecule has 39 heavy (non-hydrogen) atoms. The second kappa shape index (κ2) is 11.2. The molecule has 1 saturated heterocycles. The highest BCUT2D eigenvalue weighted by molar-refractivity contribution is 8.20. The zero-order chi connectivity index (χ0) is 28.1. The summed E-state index contributed by atoms with van der Waals surface area (Å²) in [6, 6.07) is 0. The van der Waals surface area contributed by atoms with Gasteiger partial charge in [0.15, 0.2) is 0 Å². The first-order valence-corrected chi connectivity index (χ1v) is 17.8. The van der Waals surface area contributed by atoms with Crippen LogP contribution in [0.5, 0.6) is 0 Å². The van der Waals surface area contributed by atoms with Gasteiger partial charge in [-0.05, 0) is 81.5 Å². The summed E-state index contributed by atoms with van der Waals surface area (Å²) < 4.78 is 70.3. The van der Waals surface area contributed by atoms with Gasteiger partial charge in [-0.3, -0.25) is 9.35 Å². The fourth-order valence-electron chi connectivity index (χ4n) is 8.21. The van der Waals surface area contributed by atoms with Crippen molar-refractivity contribution >= 4 is 45.6 Å². The van der Waals surface area contributed by atoms with Crippen LogP contribution in [0.2, 0.25) is 0 Å². The first-order valence-electron chi connectivity index (χ1n) is 14.4. The molecule has 0 aromatic carbocycles. The van der Waals surface area contributed by atoms with E-state index in [4.69, 9.17) is 14.0 Å². The molecule has 0 aromatic heterocycles. The van der Waals surface area contributed by atoms with Gasteiger partial charge in [0.05, 0.1) is 10.00 Å². The van der Waals surface area contributed by atoms with Crippen LogP contribution >= 0.6 is 23.5 Å². The molecular weight excluding hydrogens is 570 g/mol. The van der Waals surface area contributed by atoms with Crippen LogP contribution in [-0.2, 0) is 29.2 Å². The molecule has 1 aliphatic heterocycles. The lowest BCUT2D eigenvalue weighted by molar-refractivity contribution is -0.189. The molecule has 1 heterocycles. The molecule has 5 fully saturated rings. The number of hydrogen-bond acceptors (Lipinski definition) is 8. The third kappa shape index (κ3) is 6.00. The van der Waals surface area contributed by atoms with Gasteiger partial charge in [-0.1, -0.05) is 32.6 Å². The maximum absolute atomic E-state index is 14.0. The number of carbonyl (C=O) groups excluding carboxylic acids is 2. The number of hydrogen-bond donors (Lipinski definition) is 1. The second-order valence-electron chi connectivity index (χ2n) is 12.6. The van der Waals surface area contributed by atoms with Crippen LogP contribution in [0.25, 0.3) is 0 Å². The topological polar surface area (TPSA) is 107 Å². The van der Waals surface area contributed by atoms with Crippen molar-refractivity contribution in [1.82, 2.24) is 0 Å². The van der Waals surface area contributed by atoms with Gasteiger partial charge < -0.3 is 9.47 Å². The van der Waals surface area contributed by atoms with Gasteiger partial charge in [0, 0.05) is 11.0 Å². The van der Waals surface area contributed by atoms with Crippen molar-refractivity contribution in [3.05, 3.63) is 0 Å². The summed E-state index contributed by atoms with van der Waals surface area (Å²) in [5, 5.41) is -4.84. The van der Waals surface area contributed by atoms with Gasteiger partial charge in [0.1, 0.15) is 12.2 Å². The monoisotopic (exact) mass is 610 g/mol. The number of ether oxygens (including phenoxy) is 2. The first kappa shape index (κ1) is 29.9. The van der Waals surface area contributed by atoms with E-state index in [9.17, 15) is 26.8 Å². The number of carbonyl (C=O) groups is 2. The van der Waals surface area contributed by atoms with E-state index in [-0.39, 0.29) is 33.1 Å². The Morgan fingerprint density at radius 1 is 1.05 bits per heavy atom. The molecule has 4 aliphatic carbocycles. The maximum atomic E-state index is 14.0. The zero-order valence-corrected chi connectivity index (χ0v) is 24.9.